The first-order valence-corrected chi connectivity index (χ1v) is 4.77. The third-order valence-corrected chi connectivity index (χ3v) is 2.99. The van der Waals surface area contributed by atoms with Gasteiger partial charge in [0.1, 0.15) is 0 Å². The summed E-state index contributed by atoms with van der Waals surface area (Å²) in [6.45, 7) is 2.04. The molecule has 0 spiro atoms. The van der Waals surface area contributed by atoms with Crippen molar-refractivity contribution in [2.24, 2.45) is 0 Å². The van der Waals surface area contributed by atoms with Crippen LogP contribution in [-0.4, -0.2) is 11.1 Å². The number of rotatable bonds is 1. The summed E-state index contributed by atoms with van der Waals surface area (Å²) in [7, 11) is 0. The van der Waals surface area contributed by atoms with Crippen LogP contribution in [0, 0.1) is 6.92 Å². The third kappa shape index (κ3) is 1.31. The van der Waals surface area contributed by atoms with Gasteiger partial charge < -0.3 is 5.11 Å². The van der Waals surface area contributed by atoms with Gasteiger partial charge in [-0.25, -0.2) is 4.79 Å². The molecule has 1 heterocycles. The van der Waals surface area contributed by atoms with E-state index < -0.39 is 5.97 Å². The first-order valence-electron chi connectivity index (χ1n) is 3.89. The van der Waals surface area contributed by atoms with Gasteiger partial charge in [0.05, 0.1) is 5.56 Å². The molecule has 0 amide bonds. The van der Waals surface area contributed by atoms with Crippen molar-refractivity contribution < 1.29 is 9.90 Å². The predicted octanol–water partition coefficient (Wildman–Crippen LogP) is 2.91. The number of benzene rings is 1. The van der Waals surface area contributed by atoms with Gasteiger partial charge in [-0.1, -0.05) is 6.07 Å². The molecule has 1 aromatic carbocycles. The van der Waals surface area contributed by atoms with Crippen LogP contribution in [0.1, 0.15) is 15.2 Å². The lowest BCUT2D eigenvalue weighted by atomic mass is 10.1. The molecule has 1 aromatic heterocycles. The molecule has 0 unspecified atom stereocenters. The molecule has 2 rings (SSSR count). The van der Waals surface area contributed by atoms with Gasteiger partial charge in [0.2, 0.25) is 0 Å². The fourth-order valence-electron chi connectivity index (χ4n) is 1.33. The Bertz CT molecular complexity index is 471. The normalized spacial score (nSPS) is 10.5. The zero-order valence-electron chi connectivity index (χ0n) is 7.07. The van der Waals surface area contributed by atoms with Crippen molar-refractivity contribution in [2.75, 3.05) is 0 Å². The summed E-state index contributed by atoms with van der Waals surface area (Å²) in [5, 5.41) is 12.9. The average molecular weight is 192 g/mol. The van der Waals surface area contributed by atoms with E-state index in [9.17, 15) is 4.79 Å². The molecule has 3 heteroatoms. The van der Waals surface area contributed by atoms with Crippen LogP contribution in [0.15, 0.2) is 23.6 Å². The molecular formula is C10H8O2S. The van der Waals surface area contributed by atoms with Crippen LogP contribution >= 0.6 is 11.3 Å². The Morgan fingerprint density at radius 2 is 2.23 bits per heavy atom. The quantitative estimate of drug-likeness (QED) is 0.754. The second kappa shape index (κ2) is 2.85. The fourth-order valence-corrected chi connectivity index (χ4v) is 2.14. The van der Waals surface area contributed by atoms with Crippen LogP contribution in [0.2, 0.25) is 0 Å². The summed E-state index contributed by atoms with van der Waals surface area (Å²) in [6, 6.07) is 5.22. The van der Waals surface area contributed by atoms with Crippen LogP contribution in [0.5, 0.6) is 0 Å². The molecular weight excluding hydrogens is 184 g/mol. The molecule has 13 heavy (non-hydrogen) atoms. The second-order valence-electron chi connectivity index (χ2n) is 2.90. The Morgan fingerprint density at radius 3 is 2.92 bits per heavy atom. The Balaban J connectivity index is 2.70. The van der Waals surface area contributed by atoms with Gasteiger partial charge >= 0.3 is 5.97 Å². The van der Waals surface area contributed by atoms with Crippen molar-refractivity contribution in [2.45, 2.75) is 6.92 Å². The summed E-state index contributed by atoms with van der Waals surface area (Å²) in [6.07, 6.45) is 0. The lowest BCUT2D eigenvalue weighted by Gasteiger charge is -1.94. The smallest absolute Gasteiger partial charge is 0.335 e. The van der Waals surface area contributed by atoms with E-state index in [0.717, 1.165) is 10.8 Å². The first kappa shape index (κ1) is 8.26. The number of hydrogen-bond donors (Lipinski definition) is 1. The molecule has 0 aliphatic heterocycles. The Hall–Kier alpha value is -1.35. The minimum atomic E-state index is -0.870. The number of fused-ring (bicyclic) bond motifs is 1. The van der Waals surface area contributed by atoms with E-state index in [2.05, 4.69) is 0 Å². The topological polar surface area (TPSA) is 37.3 Å². The third-order valence-electron chi connectivity index (χ3n) is 2.04. The summed E-state index contributed by atoms with van der Waals surface area (Å²) in [5.41, 5.74) is 0.352. The van der Waals surface area contributed by atoms with Gasteiger partial charge in [-0.15, -0.1) is 11.3 Å². The van der Waals surface area contributed by atoms with Crippen LogP contribution in [0.3, 0.4) is 0 Å². The van der Waals surface area contributed by atoms with Gasteiger partial charge in [-0.2, -0.15) is 0 Å². The maximum Gasteiger partial charge on any atom is 0.335 e. The zero-order valence-corrected chi connectivity index (χ0v) is 7.89. The lowest BCUT2D eigenvalue weighted by Crippen LogP contribution is -1.94. The minimum Gasteiger partial charge on any atom is -0.478 e. The van der Waals surface area contributed by atoms with Crippen LogP contribution in [0.4, 0.5) is 0 Å². The highest BCUT2D eigenvalue weighted by Crippen LogP contribution is 2.25. The number of carboxylic acid groups (broad SMARTS) is 1. The van der Waals surface area contributed by atoms with E-state index >= 15 is 0 Å². The minimum absolute atomic E-state index is 0.352. The van der Waals surface area contributed by atoms with Crippen molar-refractivity contribution in [1.82, 2.24) is 0 Å². The highest BCUT2D eigenvalue weighted by atomic mass is 32.1. The largest absolute Gasteiger partial charge is 0.478 e. The molecule has 0 bridgehead atoms. The molecule has 0 atom stereocenters. The number of aromatic carboxylic acids is 1. The standard InChI is InChI=1S/C10H8O2S/c1-6-9-3-2-7(10(11)12)4-8(9)5-13-6/h2-5H,1H3,(H,11,12). The SMILES string of the molecule is Cc1scc2cc(C(=O)O)ccc12. The molecule has 0 aliphatic rings. The molecule has 1 N–H and O–H groups in total. The molecule has 0 aliphatic carbocycles. The van der Waals surface area contributed by atoms with E-state index in [4.69, 9.17) is 5.11 Å². The fraction of sp³-hybridized carbons (Fsp3) is 0.100. The van der Waals surface area contributed by atoms with Gasteiger partial charge in [0, 0.05) is 4.88 Å². The molecule has 2 nitrogen and oxygen atoms in total. The van der Waals surface area contributed by atoms with Crippen LogP contribution in [-0.2, 0) is 0 Å². The molecule has 0 fully saturated rings. The number of hydrogen-bond acceptors (Lipinski definition) is 2. The number of thiophene rings is 1. The average Bonchev–Trinajstić information content (AvgIpc) is 2.47. The van der Waals surface area contributed by atoms with E-state index in [1.807, 2.05) is 18.4 Å². The monoisotopic (exact) mass is 192 g/mol. The maximum absolute atomic E-state index is 10.7. The van der Waals surface area contributed by atoms with E-state index in [1.54, 1.807) is 23.5 Å². The van der Waals surface area contributed by atoms with Gasteiger partial charge in [-0.3, -0.25) is 0 Å². The van der Waals surface area contributed by atoms with E-state index in [0.29, 0.717) is 5.56 Å². The van der Waals surface area contributed by atoms with Crippen molar-refractivity contribution in [3.05, 3.63) is 34.0 Å². The van der Waals surface area contributed by atoms with Crippen molar-refractivity contribution in [3.8, 4) is 0 Å². The van der Waals surface area contributed by atoms with Crippen molar-refractivity contribution in [1.29, 1.82) is 0 Å². The van der Waals surface area contributed by atoms with Gasteiger partial charge in [-0.05, 0) is 35.2 Å². The van der Waals surface area contributed by atoms with Gasteiger partial charge in [0.15, 0.2) is 0 Å². The van der Waals surface area contributed by atoms with Gasteiger partial charge in [0.25, 0.3) is 0 Å². The first-order chi connectivity index (χ1) is 6.18. The Labute approximate surface area is 79.4 Å². The summed E-state index contributed by atoms with van der Waals surface area (Å²) < 4.78 is 0. The lowest BCUT2D eigenvalue weighted by molar-refractivity contribution is 0.0697. The predicted molar refractivity (Wildman–Crippen MR) is 53.5 cm³/mol. The van der Waals surface area contributed by atoms with E-state index in [1.165, 1.54) is 4.88 Å². The number of aryl methyl sites for hydroxylation is 1. The summed E-state index contributed by atoms with van der Waals surface area (Å²) in [5.74, 6) is -0.870. The summed E-state index contributed by atoms with van der Waals surface area (Å²) >= 11 is 1.65. The molecule has 0 saturated heterocycles. The zero-order chi connectivity index (χ0) is 9.42. The highest BCUT2D eigenvalue weighted by Gasteiger charge is 2.05. The number of carbonyl (C=O) groups is 1. The molecule has 0 saturated carbocycles. The summed E-state index contributed by atoms with van der Waals surface area (Å²) in [4.78, 5) is 11.9. The Kier molecular flexibility index (Phi) is 1.81. The van der Waals surface area contributed by atoms with E-state index in [-0.39, 0.29) is 0 Å². The molecule has 0 radical (unpaired) electrons. The van der Waals surface area contributed by atoms with Crippen molar-refractivity contribution in [3.63, 3.8) is 0 Å². The Morgan fingerprint density at radius 1 is 1.46 bits per heavy atom. The number of carboxylic acids is 1. The second-order valence-corrected chi connectivity index (χ2v) is 3.98. The highest BCUT2D eigenvalue weighted by molar-refractivity contribution is 7.11. The van der Waals surface area contributed by atoms with Crippen molar-refractivity contribution >= 4 is 28.1 Å². The maximum atomic E-state index is 10.7. The van der Waals surface area contributed by atoms with Crippen LogP contribution < -0.4 is 0 Å². The molecule has 2 aromatic rings. The van der Waals surface area contributed by atoms with Crippen LogP contribution in [0.25, 0.3) is 10.8 Å². The molecule has 66 valence electrons.